The maximum Gasteiger partial charge on any atom is 0.259 e. The third-order valence-corrected chi connectivity index (χ3v) is 5.26. The van der Waals surface area contributed by atoms with Crippen molar-refractivity contribution in [2.75, 3.05) is 7.05 Å². The number of carbonyl (C=O) groups excluding carboxylic acids is 1. The minimum absolute atomic E-state index is 0.0882. The summed E-state index contributed by atoms with van der Waals surface area (Å²) in [6.45, 7) is 5.56. The van der Waals surface area contributed by atoms with Crippen molar-refractivity contribution in [2.45, 2.75) is 26.8 Å². The maximum absolute atomic E-state index is 12.9. The smallest absolute Gasteiger partial charge is 0.259 e. The van der Waals surface area contributed by atoms with E-state index in [2.05, 4.69) is 20.8 Å². The Morgan fingerprint density at radius 3 is 2.50 bits per heavy atom. The SMILES string of the molecule is Cc1noc(C)c1C(=O)N(C)C(C)c1ccc(-n2cnc3ccccc32)cc1. The summed E-state index contributed by atoms with van der Waals surface area (Å²) in [5.74, 6) is 0.456. The van der Waals surface area contributed by atoms with Gasteiger partial charge in [0.25, 0.3) is 5.91 Å². The number of hydrogen-bond donors (Lipinski definition) is 0. The van der Waals surface area contributed by atoms with Gasteiger partial charge in [-0.3, -0.25) is 9.36 Å². The first-order chi connectivity index (χ1) is 13.5. The number of imidazole rings is 1. The van der Waals surface area contributed by atoms with Gasteiger partial charge in [0.05, 0.1) is 22.8 Å². The van der Waals surface area contributed by atoms with Gasteiger partial charge in [0.2, 0.25) is 0 Å². The minimum atomic E-state index is -0.0894. The van der Waals surface area contributed by atoms with E-state index in [0.717, 1.165) is 22.3 Å². The molecule has 0 N–H and O–H groups in total. The number of nitrogens with zero attached hydrogens (tertiary/aromatic N) is 4. The van der Waals surface area contributed by atoms with Crippen molar-refractivity contribution in [1.29, 1.82) is 0 Å². The van der Waals surface area contributed by atoms with Gasteiger partial charge in [0.15, 0.2) is 0 Å². The summed E-state index contributed by atoms with van der Waals surface area (Å²) in [5, 5.41) is 3.89. The molecule has 0 saturated carbocycles. The van der Waals surface area contributed by atoms with Crippen LogP contribution in [0.15, 0.2) is 59.4 Å². The van der Waals surface area contributed by atoms with Crippen LogP contribution < -0.4 is 0 Å². The second kappa shape index (κ2) is 6.96. The topological polar surface area (TPSA) is 64.2 Å². The Morgan fingerprint density at radius 1 is 1.11 bits per heavy atom. The molecule has 2 aromatic carbocycles. The van der Waals surface area contributed by atoms with Crippen molar-refractivity contribution >= 4 is 16.9 Å². The van der Waals surface area contributed by atoms with Gasteiger partial charge < -0.3 is 9.42 Å². The van der Waals surface area contributed by atoms with Gasteiger partial charge in [-0.2, -0.15) is 0 Å². The van der Waals surface area contributed by atoms with Gasteiger partial charge in [0.1, 0.15) is 17.7 Å². The minimum Gasteiger partial charge on any atom is -0.361 e. The summed E-state index contributed by atoms with van der Waals surface area (Å²) >= 11 is 0. The third-order valence-electron chi connectivity index (χ3n) is 5.26. The molecule has 0 saturated heterocycles. The molecule has 0 aliphatic rings. The van der Waals surface area contributed by atoms with Gasteiger partial charge >= 0.3 is 0 Å². The number of aryl methyl sites for hydroxylation is 2. The molecule has 0 radical (unpaired) electrons. The van der Waals surface area contributed by atoms with Crippen molar-refractivity contribution < 1.29 is 9.32 Å². The summed E-state index contributed by atoms with van der Waals surface area (Å²) in [7, 11) is 1.80. The Kier molecular flexibility index (Phi) is 4.47. The van der Waals surface area contributed by atoms with E-state index in [4.69, 9.17) is 4.52 Å². The van der Waals surface area contributed by atoms with Crippen LogP contribution in [-0.2, 0) is 0 Å². The molecule has 0 bridgehead atoms. The van der Waals surface area contributed by atoms with Crippen LogP contribution in [-0.4, -0.2) is 32.6 Å². The average Bonchev–Trinajstić information content (AvgIpc) is 3.29. The number of carbonyl (C=O) groups is 1. The standard InChI is InChI=1S/C22H22N4O2/c1-14-21(16(3)28-24-14)22(27)25(4)15(2)17-9-11-18(12-10-17)26-13-23-19-7-5-6-8-20(19)26/h5-13,15H,1-4H3. The Labute approximate surface area is 163 Å². The molecule has 0 aliphatic heterocycles. The van der Waals surface area contributed by atoms with Gasteiger partial charge in [-0.15, -0.1) is 0 Å². The molecule has 1 atom stereocenters. The van der Waals surface area contributed by atoms with E-state index >= 15 is 0 Å². The third kappa shape index (κ3) is 2.97. The van der Waals surface area contributed by atoms with Gasteiger partial charge in [0, 0.05) is 12.7 Å². The van der Waals surface area contributed by atoms with Crippen molar-refractivity contribution in [1.82, 2.24) is 19.6 Å². The van der Waals surface area contributed by atoms with Crippen molar-refractivity contribution in [2.24, 2.45) is 0 Å². The van der Waals surface area contributed by atoms with Crippen LogP contribution in [0, 0.1) is 13.8 Å². The number of rotatable bonds is 4. The van der Waals surface area contributed by atoms with Crippen molar-refractivity contribution in [3.05, 3.63) is 77.4 Å². The molecule has 1 unspecified atom stereocenters. The average molecular weight is 374 g/mol. The second-order valence-electron chi connectivity index (χ2n) is 6.99. The molecule has 142 valence electrons. The number of hydrogen-bond acceptors (Lipinski definition) is 4. The number of aromatic nitrogens is 3. The van der Waals surface area contributed by atoms with E-state index in [1.165, 1.54) is 0 Å². The van der Waals surface area contributed by atoms with E-state index in [1.807, 2.05) is 55.7 Å². The number of amides is 1. The molecular weight excluding hydrogens is 352 g/mol. The zero-order valence-electron chi connectivity index (χ0n) is 16.4. The summed E-state index contributed by atoms with van der Waals surface area (Å²) in [6.07, 6.45) is 1.83. The Bertz CT molecular complexity index is 1120. The molecule has 2 aromatic heterocycles. The summed E-state index contributed by atoms with van der Waals surface area (Å²) in [6, 6.07) is 16.1. The largest absolute Gasteiger partial charge is 0.361 e. The molecule has 4 aromatic rings. The predicted molar refractivity (Wildman–Crippen MR) is 108 cm³/mol. The molecule has 0 spiro atoms. The highest BCUT2D eigenvalue weighted by atomic mass is 16.5. The quantitative estimate of drug-likeness (QED) is 0.529. The second-order valence-corrected chi connectivity index (χ2v) is 6.99. The van der Waals surface area contributed by atoms with Crippen LogP contribution >= 0.6 is 0 Å². The maximum atomic E-state index is 12.9. The zero-order chi connectivity index (χ0) is 19.8. The first-order valence-electron chi connectivity index (χ1n) is 9.20. The lowest BCUT2D eigenvalue weighted by atomic mass is 10.1. The van der Waals surface area contributed by atoms with Crippen LogP contribution in [0.2, 0.25) is 0 Å². The first-order valence-corrected chi connectivity index (χ1v) is 9.20. The normalized spacial score (nSPS) is 12.3. The first kappa shape index (κ1) is 18.0. The van der Waals surface area contributed by atoms with E-state index in [1.54, 1.807) is 25.8 Å². The van der Waals surface area contributed by atoms with Gasteiger partial charge in [-0.05, 0) is 50.6 Å². The summed E-state index contributed by atoms with van der Waals surface area (Å²) in [4.78, 5) is 19.0. The fourth-order valence-electron chi connectivity index (χ4n) is 3.44. The highest BCUT2D eigenvalue weighted by Gasteiger charge is 2.24. The van der Waals surface area contributed by atoms with Crippen molar-refractivity contribution in [3.8, 4) is 5.69 Å². The van der Waals surface area contributed by atoms with Crippen LogP contribution in [0.1, 0.15) is 40.3 Å². The molecule has 0 aliphatic carbocycles. The predicted octanol–water partition coefficient (Wildman–Crippen LogP) is 4.46. The van der Waals surface area contributed by atoms with E-state index < -0.39 is 0 Å². The van der Waals surface area contributed by atoms with Crippen LogP contribution in [0.25, 0.3) is 16.7 Å². The molecule has 28 heavy (non-hydrogen) atoms. The highest BCUT2D eigenvalue weighted by molar-refractivity contribution is 5.96. The van der Waals surface area contributed by atoms with E-state index in [0.29, 0.717) is 17.0 Å². The molecule has 6 heteroatoms. The molecule has 0 fully saturated rings. The van der Waals surface area contributed by atoms with E-state index in [-0.39, 0.29) is 11.9 Å². The van der Waals surface area contributed by atoms with Crippen LogP contribution in [0.3, 0.4) is 0 Å². The Balaban J connectivity index is 1.59. The summed E-state index contributed by atoms with van der Waals surface area (Å²) in [5.41, 5.74) is 5.26. The van der Waals surface area contributed by atoms with Crippen LogP contribution in [0.5, 0.6) is 0 Å². The monoisotopic (exact) mass is 374 g/mol. The zero-order valence-corrected chi connectivity index (χ0v) is 16.4. The fourth-order valence-corrected chi connectivity index (χ4v) is 3.44. The van der Waals surface area contributed by atoms with Crippen LogP contribution in [0.4, 0.5) is 0 Å². The molecule has 6 nitrogen and oxygen atoms in total. The lowest BCUT2D eigenvalue weighted by molar-refractivity contribution is 0.0740. The number of fused-ring (bicyclic) bond motifs is 1. The molecule has 1 amide bonds. The molecule has 4 rings (SSSR count). The van der Waals surface area contributed by atoms with Gasteiger partial charge in [-0.1, -0.05) is 29.4 Å². The summed E-state index contributed by atoms with van der Waals surface area (Å²) < 4.78 is 7.20. The Morgan fingerprint density at radius 2 is 1.82 bits per heavy atom. The molecular formula is C22H22N4O2. The lowest BCUT2D eigenvalue weighted by Crippen LogP contribution is -2.30. The number of para-hydroxylation sites is 2. The molecule has 2 heterocycles. The van der Waals surface area contributed by atoms with Crippen molar-refractivity contribution in [3.63, 3.8) is 0 Å². The van der Waals surface area contributed by atoms with Gasteiger partial charge in [-0.25, -0.2) is 4.98 Å². The fraction of sp³-hybridized carbons (Fsp3) is 0.227. The lowest BCUT2D eigenvalue weighted by Gasteiger charge is -2.25. The van der Waals surface area contributed by atoms with E-state index in [9.17, 15) is 4.79 Å². The Hall–Kier alpha value is -3.41. The number of benzene rings is 2. The highest BCUT2D eigenvalue weighted by Crippen LogP contribution is 2.25.